The Balaban J connectivity index is 2.06. The molecule has 28 heavy (non-hydrogen) atoms. The van der Waals surface area contributed by atoms with Crippen LogP contribution in [0.2, 0.25) is 0 Å². The molecule has 2 aromatic rings. The number of hydrogen-bond donors (Lipinski definition) is 2. The van der Waals surface area contributed by atoms with Gasteiger partial charge in [-0.15, -0.1) is 0 Å². The second kappa shape index (κ2) is 9.51. The van der Waals surface area contributed by atoms with E-state index in [0.29, 0.717) is 23.4 Å². The van der Waals surface area contributed by atoms with Gasteiger partial charge in [-0.25, -0.2) is 0 Å². The molecule has 2 N–H and O–H groups in total. The fourth-order valence-electron chi connectivity index (χ4n) is 2.80. The summed E-state index contributed by atoms with van der Waals surface area (Å²) >= 11 is 0. The molecule has 0 bridgehead atoms. The standard InChI is InChI=1S/C23H31N3O2/c1-23(2,3)18-13-11-17(12-14-18)21(27)25-20-10-7-6-9-19(20)22(28)24-15-8-16-26(4)5/h6-7,9-14H,8,15-16H2,1-5H3,(H,24,28)(H,25,27). The summed E-state index contributed by atoms with van der Waals surface area (Å²) in [6.07, 6.45) is 0.868. The Morgan fingerprint density at radius 2 is 1.57 bits per heavy atom. The van der Waals surface area contributed by atoms with Gasteiger partial charge in [-0.3, -0.25) is 9.59 Å². The fraction of sp³-hybridized carbons (Fsp3) is 0.391. The third-order valence-electron chi connectivity index (χ3n) is 4.50. The van der Waals surface area contributed by atoms with Crippen molar-refractivity contribution in [1.82, 2.24) is 10.2 Å². The second-order valence-corrected chi connectivity index (χ2v) is 8.24. The van der Waals surface area contributed by atoms with Crippen LogP contribution in [-0.2, 0) is 5.41 Å². The van der Waals surface area contributed by atoms with Crippen LogP contribution in [0.15, 0.2) is 48.5 Å². The van der Waals surface area contributed by atoms with Crippen LogP contribution < -0.4 is 10.6 Å². The Kier molecular flexibility index (Phi) is 7.35. The van der Waals surface area contributed by atoms with E-state index in [0.717, 1.165) is 13.0 Å². The molecule has 0 saturated heterocycles. The van der Waals surface area contributed by atoms with E-state index < -0.39 is 0 Å². The SMILES string of the molecule is CN(C)CCCNC(=O)c1ccccc1NC(=O)c1ccc(C(C)(C)C)cc1. The lowest BCUT2D eigenvalue weighted by molar-refractivity contribution is 0.0953. The maximum Gasteiger partial charge on any atom is 0.255 e. The molecule has 0 spiro atoms. The molecule has 5 nitrogen and oxygen atoms in total. The van der Waals surface area contributed by atoms with E-state index in [1.165, 1.54) is 5.56 Å². The van der Waals surface area contributed by atoms with E-state index in [9.17, 15) is 9.59 Å². The molecule has 0 atom stereocenters. The van der Waals surface area contributed by atoms with Gasteiger partial charge < -0.3 is 15.5 Å². The maximum absolute atomic E-state index is 12.6. The number of carbonyl (C=O) groups is 2. The molecule has 0 aromatic heterocycles. The van der Waals surface area contributed by atoms with Gasteiger partial charge in [-0.2, -0.15) is 0 Å². The van der Waals surface area contributed by atoms with Crippen molar-refractivity contribution in [2.45, 2.75) is 32.6 Å². The number of nitrogens with zero attached hydrogens (tertiary/aromatic N) is 1. The monoisotopic (exact) mass is 381 g/mol. The lowest BCUT2D eigenvalue weighted by Crippen LogP contribution is -2.28. The molecular weight excluding hydrogens is 350 g/mol. The second-order valence-electron chi connectivity index (χ2n) is 8.24. The minimum Gasteiger partial charge on any atom is -0.352 e. The average molecular weight is 382 g/mol. The van der Waals surface area contributed by atoms with Gasteiger partial charge in [0.1, 0.15) is 0 Å². The molecule has 0 aliphatic carbocycles. The molecular formula is C23H31N3O2. The van der Waals surface area contributed by atoms with E-state index in [4.69, 9.17) is 0 Å². The third kappa shape index (κ3) is 6.20. The summed E-state index contributed by atoms with van der Waals surface area (Å²) in [7, 11) is 4.00. The van der Waals surface area contributed by atoms with Crippen molar-refractivity contribution in [3.05, 3.63) is 65.2 Å². The number of anilines is 1. The highest BCUT2D eigenvalue weighted by molar-refractivity contribution is 6.09. The molecule has 2 aromatic carbocycles. The van der Waals surface area contributed by atoms with Crippen molar-refractivity contribution in [2.24, 2.45) is 0 Å². The number of rotatable bonds is 7. The first-order chi connectivity index (χ1) is 13.2. The fourth-order valence-corrected chi connectivity index (χ4v) is 2.80. The smallest absolute Gasteiger partial charge is 0.255 e. The van der Waals surface area contributed by atoms with E-state index >= 15 is 0 Å². The molecule has 0 aliphatic heterocycles. The third-order valence-corrected chi connectivity index (χ3v) is 4.50. The van der Waals surface area contributed by atoms with Gasteiger partial charge in [-0.1, -0.05) is 45.0 Å². The average Bonchev–Trinajstić information content (AvgIpc) is 2.64. The zero-order valence-corrected chi connectivity index (χ0v) is 17.5. The van der Waals surface area contributed by atoms with Crippen molar-refractivity contribution < 1.29 is 9.59 Å². The van der Waals surface area contributed by atoms with Gasteiger partial charge >= 0.3 is 0 Å². The van der Waals surface area contributed by atoms with Crippen LogP contribution in [-0.4, -0.2) is 43.9 Å². The highest BCUT2D eigenvalue weighted by Gasteiger charge is 2.16. The largest absolute Gasteiger partial charge is 0.352 e. The number of para-hydroxylation sites is 1. The van der Waals surface area contributed by atoms with Crippen LogP contribution in [0.3, 0.4) is 0 Å². The maximum atomic E-state index is 12.6. The van der Waals surface area contributed by atoms with Crippen LogP contribution in [0.4, 0.5) is 5.69 Å². The summed E-state index contributed by atoms with van der Waals surface area (Å²) in [5, 5.41) is 5.78. The molecule has 2 rings (SSSR count). The molecule has 2 amide bonds. The molecule has 0 saturated carbocycles. The zero-order chi connectivity index (χ0) is 20.7. The minimum absolute atomic E-state index is 0.0340. The molecule has 5 heteroatoms. The van der Waals surface area contributed by atoms with Gasteiger partial charge in [-0.05, 0) is 62.3 Å². The normalized spacial score (nSPS) is 11.4. The Morgan fingerprint density at radius 3 is 2.18 bits per heavy atom. The molecule has 0 heterocycles. The molecule has 150 valence electrons. The van der Waals surface area contributed by atoms with Gasteiger partial charge in [0.25, 0.3) is 11.8 Å². The number of carbonyl (C=O) groups excluding carboxylic acids is 2. The minimum atomic E-state index is -0.228. The van der Waals surface area contributed by atoms with Crippen LogP contribution in [0.25, 0.3) is 0 Å². The Bertz CT molecular complexity index is 805. The van der Waals surface area contributed by atoms with Crippen LogP contribution in [0, 0.1) is 0 Å². The summed E-state index contributed by atoms with van der Waals surface area (Å²) in [6.45, 7) is 7.90. The predicted octanol–water partition coefficient (Wildman–Crippen LogP) is 3.92. The van der Waals surface area contributed by atoms with Crippen molar-refractivity contribution >= 4 is 17.5 Å². The van der Waals surface area contributed by atoms with Crippen molar-refractivity contribution in [3.63, 3.8) is 0 Å². The first-order valence-corrected chi connectivity index (χ1v) is 9.62. The van der Waals surface area contributed by atoms with Gasteiger partial charge in [0.15, 0.2) is 0 Å². The topological polar surface area (TPSA) is 61.4 Å². The summed E-state index contributed by atoms with van der Waals surface area (Å²) in [4.78, 5) is 27.2. The Labute approximate surface area is 168 Å². The predicted molar refractivity (Wildman–Crippen MR) is 115 cm³/mol. The van der Waals surface area contributed by atoms with E-state index in [1.807, 2.05) is 38.4 Å². The van der Waals surface area contributed by atoms with Crippen LogP contribution in [0.1, 0.15) is 53.5 Å². The number of hydrogen-bond acceptors (Lipinski definition) is 3. The summed E-state index contributed by atoms with van der Waals surface area (Å²) in [5.74, 6) is -0.411. The van der Waals surface area contributed by atoms with E-state index in [2.05, 4.69) is 36.3 Å². The first kappa shape index (κ1) is 21.6. The summed E-state index contributed by atoms with van der Waals surface area (Å²) < 4.78 is 0. The lowest BCUT2D eigenvalue weighted by Gasteiger charge is -2.19. The molecule has 0 fully saturated rings. The first-order valence-electron chi connectivity index (χ1n) is 9.62. The molecule has 0 unspecified atom stereocenters. The zero-order valence-electron chi connectivity index (χ0n) is 17.5. The molecule has 0 aliphatic rings. The highest BCUT2D eigenvalue weighted by Crippen LogP contribution is 2.23. The van der Waals surface area contributed by atoms with Crippen molar-refractivity contribution in [2.75, 3.05) is 32.5 Å². The molecule has 0 radical (unpaired) electrons. The van der Waals surface area contributed by atoms with E-state index in [1.54, 1.807) is 24.3 Å². The van der Waals surface area contributed by atoms with Gasteiger partial charge in [0, 0.05) is 12.1 Å². The van der Waals surface area contributed by atoms with Gasteiger partial charge in [0.05, 0.1) is 11.3 Å². The quantitative estimate of drug-likeness (QED) is 0.715. The lowest BCUT2D eigenvalue weighted by atomic mass is 9.86. The van der Waals surface area contributed by atoms with Crippen molar-refractivity contribution in [1.29, 1.82) is 0 Å². The highest BCUT2D eigenvalue weighted by atomic mass is 16.2. The summed E-state index contributed by atoms with van der Waals surface area (Å²) in [5.41, 5.74) is 2.74. The number of benzene rings is 2. The Morgan fingerprint density at radius 1 is 0.929 bits per heavy atom. The number of nitrogens with one attached hydrogen (secondary N) is 2. The van der Waals surface area contributed by atoms with E-state index in [-0.39, 0.29) is 17.2 Å². The summed E-state index contributed by atoms with van der Waals surface area (Å²) in [6, 6.07) is 14.6. The number of amides is 2. The van der Waals surface area contributed by atoms with Crippen LogP contribution in [0.5, 0.6) is 0 Å². The Hall–Kier alpha value is -2.66. The van der Waals surface area contributed by atoms with Gasteiger partial charge in [0.2, 0.25) is 0 Å². The van der Waals surface area contributed by atoms with Crippen LogP contribution >= 0.6 is 0 Å². The van der Waals surface area contributed by atoms with Crippen molar-refractivity contribution in [3.8, 4) is 0 Å².